The molecule has 0 aliphatic heterocycles. The average Bonchev–Trinajstić information content (AvgIpc) is 2.73. The number of halogens is 1. The molecule has 1 aromatic heterocycles. The Morgan fingerprint density at radius 1 is 1.45 bits per heavy atom. The van der Waals surface area contributed by atoms with Crippen LogP contribution in [0.2, 0.25) is 0 Å². The molecule has 0 saturated heterocycles. The first kappa shape index (κ1) is 14.1. The largest absolute Gasteiger partial charge is 0.478 e. The van der Waals surface area contributed by atoms with Crippen LogP contribution in [0.3, 0.4) is 0 Å². The van der Waals surface area contributed by atoms with Gasteiger partial charge in [-0.05, 0) is 18.2 Å². The third-order valence-corrected chi connectivity index (χ3v) is 4.02. The molecule has 0 atom stereocenters. The van der Waals surface area contributed by atoms with Crippen molar-refractivity contribution in [3.8, 4) is 0 Å². The van der Waals surface area contributed by atoms with Crippen molar-refractivity contribution in [3.05, 3.63) is 41.3 Å². The van der Waals surface area contributed by atoms with E-state index in [2.05, 4.69) is 14.7 Å². The molecule has 0 saturated carbocycles. The van der Waals surface area contributed by atoms with Gasteiger partial charge < -0.3 is 9.63 Å². The van der Waals surface area contributed by atoms with Gasteiger partial charge in [-0.15, -0.1) is 0 Å². The molecule has 1 N–H and O–H groups in total. The highest BCUT2D eigenvalue weighted by molar-refractivity contribution is 7.90. The molecule has 0 amide bonds. The van der Waals surface area contributed by atoms with E-state index in [0.717, 1.165) is 18.2 Å². The summed E-state index contributed by atoms with van der Waals surface area (Å²) in [4.78, 5) is 13.8. The molecular formula is C11H9FN2O5S. The van der Waals surface area contributed by atoms with Gasteiger partial charge in [0, 0.05) is 6.92 Å². The maximum Gasteiger partial charge on any atom is 0.335 e. The van der Waals surface area contributed by atoms with Gasteiger partial charge in [-0.1, -0.05) is 5.16 Å². The first-order valence-electron chi connectivity index (χ1n) is 5.34. The number of rotatable bonds is 4. The number of sulfone groups is 1. The first-order chi connectivity index (χ1) is 9.29. The molecule has 106 valence electrons. The van der Waals surface area contributed by atoms with Crippen LogP contribution in [0.1, 0.15) is 22.1 Å². The van der Waals surface area contributed by atoms with Gasteiger partial charge in [-0.2, -0.15) is 4.98 Å². The van der Waals surface area contributed by atoms with Gasteiger partial charge in [0.25, 0.3) is 0 Å². The molecule has 1 aromatic carbocycles. The predicted octanol–water partition coefficient (Wildman–Crippen LogP) is 1.19. The quantitative estimate of drug-likeness (QED) is 0.902. The molecule has 0 unspecified atom stereocenters. The third kappa shape index (κ3) is 2.82. The molecule has 7 nitrogen and oxygen atoms in total. The van der Waals surface area contributed by atoms with Gasteiger partial charge in [-0.3, -0.25) is 0 Å². The lowest BCUT2D eigenvalue weighted by Gasteiger charge is -2.04. The second kappa shape index (κ2) is 5.00. The van der Waals surface area contributed by atoms with Crippen LogP contribution in [0.5, 0.6) is 0 Å². The summed E-state index contributed by atoms with van der Waals surface area (Å²) in [5.74, 6) is -3.01. The fourth-order valence-corrected chi connectivity index (χ4v) is 2.81. The molecule has 9 heteroatoms. The van der Waals surface area contributed by atoms with E-state index in [0.29, 0.717) is 0 Å². The number of hydrogen-bond donors (Lipinski definition) is 1. The summed E-state index contributed by atoms with van der Waals surface area (Å²) in [6.07, 6.45) is 0. The van der Waals surface area contributed by atoms with Crippen LogP contribution in [0.25, 0.3) is 0 Å². The van der Waals surface area contributed by atoms with Crippen LogP contribution in [0, 0.1) is 12.7 Å². The Labute approximate surface area is 113 Å². The SMILES string of the molecule is Cc1nc(CS(=O)(=O)c2cc(C(=O)O)ccc2F)no1. The van der Waals surface area contributed by atoms with Crippen LogP contribution in [0.15, 0.2) is 27.6 Å². The fourth-order valence-electron chi connectivity index (χ4n) is 1.52. The molecule has 0 aliphatic rings. The lowest BCUT2D eigenvalue weighted by atomic mass is 10.2. The van der Waals surface area contributed by atoms with E-state index < -0.39 is 32.3 Å². The molecule has 0 fully saturated rings. The number of aromatic carboxylic acids is 1. The average molecular weight is 300 g/mol. The molecule has 0 aliphatic carbocycles. The van der Waals surface area contributed by atoms with E-state index in [-0.39, 0.29) is 17.3 Å². The number of aromatic nitrogens is 2. The third-order valence-electron chi connectivity index (χ3n) is 2.40. The van der Waals surface area contributed by atoms with Crippen LogP contribution >= 0.6 is 0 Å². The molecule has 2 rings (SSSR count). The van der Waals surface area contributed by atoms with E-state index in [1.165, 1.54) is 6.92 Å². The van der Waals surface area contributed by atoms with Gasteiger partial charge in [0.1, 0.15) is 16.5 Å². The molecule has 0 radical (unpaired) electrons. The zero-order chi connectivity index (χ0) is 14.9. The van der Waals surface area contributed by atoms with E-state index >= 15 is 0 Å². The number of aryl methyl sites for hydroxylation is 1. The highest BCUT2D eigenvalue weighted by atomic mass is 32.2. The zero-order valence-electron chi connectivity index (χ0n) is 10.2. The van der Waals surface area contributed by atoms with Crippen molar-refractivity contribution >= 4 is 15.8 Å². The van der Waals surface area contributed by atoms with Crippen molar-refractivity contribution < 1.29 is 27.2 Å². The van der Waals surface area contributed by atoms with Crippen molar-refractivity contribution in [2.75, 3.05) is 0 Å². The van der Waals surface area contributed by atoms with Crippen LogP contribution < -0.4 is 0 Å². The van der Waals surface area contributed by atoms with Crippen LogP contribution in [0.4, 0.5) is 4.39 Å². The number of nitrogens with zero attached hydrogens (tertiary/aromatic N) is 2. The lowest BCUT2D eigenvalue weighted by molar-refractivity contribution is 0.0696. The summed E-state index contributed by atoms with van der Waals surface area (Å²) in [6.45, 7) is 1.48. The number of carboxylic acid groups (broad SMARTS) is 1. The molecule has 2 aromatic rings. The lowest BCUT2D eigenvalue weighted by Crippen LogP contribution is -2.10. The smallest absolute Gasteiger partial charge is 0.335 e. The molecular weight excluding hydrogens is 291 g/mol. The maximum absolute atomic E-state index is 13.6. The Kier molecular flexibility index (Phi) is 3.53. The summed E-state index contributed by atoms with van der Waals surface area (Å²) >= 11 is 0. The topological polar surface area (TPSA) is 110 Å². The van der Waals surface area contributed by atoms with Crippen molar-refractivity contribution in [2.24, 2.45) is 0 Å². The fraction of sp³-hybridized carbons (Fsp3) is 0.182. The molecule has 20 heavy (non-hydrogen) atoms. The van der Waals surface area contributed by atoms with Crippen molar-refractivity contribution in [1.82, 2.24) is 10.1 Å². The van der Waals surface area contributed by atoms with Crippen molar-refractivity contribution in [2.45, 2.75) is 17.6 Å². The van der Waals surface area contributed by atoms with E-state index in [1.807, 2.05) is 0 Å². The number of carbonyl (C=O) groups is 1. The minimum Gasteiger partial charge on any atom is -0.478 e. The number of hydrogen-bond acceptors (Lipinski definition) is 6. The van der Waals surface area contributed by atoms with Gasteiger partial charge in [0.2, 0.25) is 5.89 Å². The number of carboxylic acids is 1. The second-order valence-corrected chi connectivity index (χ2v) is 5.90. The summed E-state index contributed by atoms with van der Waals surface area (Å²) in [7, 11) is -4.11. The van der Waals surface area contributed by atoms with Gasteiger partial charge >= 0.3 is 5.97 Å². The second-order valence-electron chi connectivity index (χ2n) is 3.94. The summed E-state index contributed by atoms with van der Waals surface area (Å²) in [6, 6.07) is 2.53. The Hall–Kier alpha value is -2.29. The van der Waals surface area contributed by atoms with Gasteiger partial charge in [0.15, 0.2) is 15.7 Å². The monoisotopic (exact) mass is 300 g/mol. The van der Waals surface area contributed by atoms with Gasteiger partial charge in [-0.25, -0.2) is 17.6 Å². The predicted molar refractivity (Wildman–Crippen MR) is 63.3 cm³/mol. The van der Waals surface area contributed by atoms with Crippen molar-refractivity contribution in [3.63, 3.8) is 0 Å². The number of benzene rings is 1. The Morgan fingerprint density at radius 2 is 2.15 bits per heavy atom. The van der Waals surface area contributed by atoms with Crippen molar-refractivity contribution in [1.29, 1.82) is 0 Å². The van der Waals surface area contributed by atoms with Crippen LogP contribution in [-0.4, -0.2) is 29.6 Å². The maximum atomic E-state index is 13.6. The Morgan fingerprint density at radius 3 is 2.70 bits per heavy atom. The summed E-state index contributed by atoms with van der Waals surface area (Å²) < 4.78 is 42.3. The Balaban J connectivity index is 2.43. The van der Waals surface area contributed by atoms with Crippen LogP contribution in [-0.2, 0) is 15.6 Å². The highest BCUT2D eigenvalue weighted by Gasteiger charge is 2.24. The minimum atomic E-state index is -4.11. The first-order valence-corrected chi connectivity index (χ1v) is 6.99. The molecule has 0 spiro atoms. The normalized spacial score (nSPS) is 11.5. The standard InChI is InChI=1S/C11H9FN2O5S/c1-6-13-10(14-19-6)5-20(17,18)9-4-7(11(15)16)2-3-8(9)12/h2-4H,5H2,1H3,(H,15,16). The molecule has 1 heterocycles. The zero-order valence-corrected chi connectivity index (χ0v) is 11.0. The minimum absolute atomic E-state index is 0.123. The summed E-state index contributed by atoms with van der Waals surface area (Å²) in [5, 5.41) is 12.2. The Bertz CT molecular complexity index is 769. The molecule has 0 bridgehead atoms. The van der Waals surface area contributed by atoms with Gasteiger partial charge in [0.05, 0.1) is 5.56 Å². The van der Waals surface area contributed by atoms with E-state index in [1.54, 1.807) is 0 Å². The van der Waals surface area contributed by atoms with E-state index in [4.69, 9.17) is 5.11 Å². The summed E-state index contributed by atoms with van der Waals surface area (Å²) in [5.41, 5.74) is -0.325. The highest BCUT2D eigenvalue weighted by Crippen LogP contribution is 2.20. The van der Waals surface area contributed by atoms with E-state index in [9.17, 15) is 17.6 Å².